The predicted octanol–water partition coefficient (Wildman–Crippen LogP) is -4.59. The zero-order valence-electron chi connectivity index (χ0n) is 43.7. The van der Waals surface area contributed by atoms with E-state index >= 15 is 0 Å². The fourth-order valence-corrected chi connectivity index (χ4v) is 10.6. The highest BCUT2D eigenvalue weighted by atomic mass is 16.6. The monoisotopic (exact) mass is 1200 g/mol. The zero-order chi connectivity index (χ0) is 63.1. The maximum Gasteiger partial charge on any atom is 0.315 e. The lowest BCUT2D eigenvalue weighted by Crippen LogP contribution is -2.68. The fourth-order valence-electron chi connectivity index (χ4n) is 10.6. The van der Waals surface area contributed by atoms with Crippen molar-refractivity contribution in [3.05, 3.63) is 82.4 Å². The summed E-state index contributed by atoms with van der Waals surface area (Å²) in [5.41, 5.74) is -2.01. The number of methoxy groups -OCH3 is 1. The number of phenolic OH excluding ortho intramolecular Hbond substituents is 8. The van der Waals surface area contributed by atoms with Gasteiger partial charge in [-0.25, -0.2) is 19.2 Å². The third kappa shape index (κ3) is 8.30. The van der Waals surface area contributed by atoms with Crippen molar-refractivity contribution in [1.29, 1.82) is 0 Å². The van der Waals surface area contributed by atoms with E-state index in [9.17, 15) is 121 Å². The van der Waals surface area contributed by atoms with Crippen LogP contribution in [0.4, 0.5) is 22.7 Å². The summed E-state index contributed by atoms with van der Waals surface area (Å²) >= 11 is 0. The van der Waals surface area contributed by atoms with Gasteiger partial charge in [0.05, 0.1) is 36.2 Å². The van der Waals surface area contributed by atoms with Gasteiger partial charge < -0.3 is 123 Å². The van der Waals surface area contributed by atoms with Gasteiger partial charge in [-0.1, -0.05) is 0 Å². The molecule has 0 aliphatic carbocycles. The van der Waals surface area contributed by atoms with E-state index in [0.29, 0.717) is 19.2 Å². The number of primary amides is 2. The van der Waals surface area contributed by atoms with Gasteiger partial charge >= 0.3 is 11.8 Å². The molecule has 6 aromatic rings. The Balaban J connectivity index is 0.932. The van der Waals surface area contributed by atoms with Crippen molar-refractivity contribution in [3.8, 4) is 68.9 Å². The number of carbonyl (C=O) groups excluding carboxylic acids is 6. The molecule has 10 rings (SSSR count). The average Bonchev–Trinajstić information content (AvgIpc) is 1.33. The largest absolute Gasteiger partial charge is 0.503 e. The van der Waals surface area contributed by atoms with Gasteiger partial charge in [-0.15, -0.1) is 0 Å². The second-order valence-electron chi connectivity index (χ2n) is 20.1. The summed E-state index contributed by atoms with van der Waals surface area (Å²) in [6.07, 6.45) is -1.07. The Labute approximate surface area is 476 Å². The molecule has 6 heterocycles. The minimum Gasteiger partial charge on any atom is -0.503 e. The van der Waals surface area contributed by atoms with Gasteiger partial charge in [-0.3, -0.25) is 28.8 Å². The number of anilines is 4. The van der Waals surface area contributed by atoms with Crippen LogP contribution in [0, 0.1) is 5.92 Å². The Morgan fingerprint density at radius 2 is 0.953 bits per heavy atom. The third-order valence-corrected chi connectivity index (χ3v) is 14.9. The number of fused-ring (bicyclic) bond motifs is 2. The summed E-state index contributed by atoms with van der Waals surface area (Å²) in [5, 5.41) is 210. The van der Waals surface area contributed by atoms with E-state index < -0.39 is 203 Å². The van der Waals surface area contributed by atoms with Crippen LogP contribution in [0.2, 0.25) is 0 Å². The van der Waals surface area contributed by atoms with Gasteiger partial charge in [0.2, 0.25) is 11.7 Å². The molecule has 4 aliphatic heterocycles. The molecule has 4 aliphatic rings. The first-order valence-electron chi connectivity index (χ1n) is 24.9. The molecular weight excluding hydrogens is 1160 g/mol. The number of hydrogen-bond donors (Lipinski definition) is 20. The van der Waals surface area contributed by atoms with E-state index in [4.69, 9.17) is 20.9 Å². The standard InChI is InChI=1S/C50H48N10O26/c1-85-20-8-4-18(5-9-20)59-27-23(25(53-59)41(51)70)47(77,78)50(83,84)58(43(27)72)32-39(68)35(64)30(36(65)40(32)69)56-15-17(3-12-22(56)61)16-86-21-10-6-19(7-11-21)60-28-24(26(54-60)42(52)71)48(79,80)49(81,82)57(44(28)73)31-37(66)33(62)29(34(63)38(31)67)55-14-2-13-46(75,76)45(55)74/h4-11,17,62-69,75-84H,2-3,12-16H2,1H3,(H2,51,70)(H2,52,71). The van der Waals surface area contributed by atoms with Crippen molar-refractivity contribution in [2.24, 2.45) is 17.4 Å². The summed E-state index contributed by atoms with van der Waals surface area (Å²) in [5.74, 6) is -43.3. The second-order valence-corrected chi connectivity index (χ2v) is 20.1. The molecule has 6 amide bonds. The number of aromatic nitrogens is 4. The number of nitrogens with two attached hydrogens (primary N) is 2. The van der Waals surface area contributed by atoms with Gasteiger partial charge in [0.1, 0.15) is 45.6 Å². The van der Waals surface area contributed by atoms with E-state index in [2.05, 4.69) is 10.2 Å². The molecule has 0 radical (unpaired) electrons. The highest BCUT2D eigenvalue weighted by Crippen LogP contribution is 2.61. The molecule has 4 aromatic carbocycles. The molecule has 22 N–H and O–H groups in total. The molecule has 86 heavy (non-hydrogen) atoms. The summed E-state index contributed by atoms with van der Waals surface area (Å²) in [6, 6.07) is 9.81. The van der Waals surface area contributed by atoms with Crippen LogP contribution in [0.3, 0.4) is 0 Å². The minimum absolute atomic E-state index is 0.0262. The Bertz CT molecular complexity index is 3870. The van der Waals surface area contributed by atoms with E-state index in [1.807, 2.05) is 0 Å². The number of aliphatic hydroxyl groups is 10. The molecular formula is C50H48N10O26. The van der Waals surface area contributed by atoms with Crippen LogP contribution in [0.1, 0.15) is 78.8 Å². The highest BCUT2D eigenvalue weighted by Gasteiger charge is 2.67. The van der Waals surface area contributed by atoms with Gasteiger partial charge in [0.15, 0.2) is 57.4 Å². The molecule has 36 heteroatoms. The lowest BCUT2D eigenvalue weighted by atomic mass is 9.91. The van der Waals surface area contributed by atoms with Crippen LogP contribution in [0.15, 0.2) is 48.5 Å². The van der Waals surface area contributed by atoms with Crippen LogP contribution < -0.4 is 40.5 Å². The van der Waals surface area contributed by atoms with Crippen LogP contribution in [0.5, 0.6) is 57.5 Å². The van der Waals surface area contributed by atoms with E-state index in [1.54, 1.807) is 0 Å². The molecule has 454 valence electrons. The predicted molar refractivity (Wildman–Crippen MR) is 276 cm³/mol. The first-order valence-corrected chi connectivity index (χ1v) is 24.9. The van der Waals surface area contributed by atoms with E-state index in [-0.39, 0.29) is 48.7 Å². The van der Waals surface area contributed by atoms with Gasteiger partial charge in [-0.2, -0.15) is 10.2 Å². The van der Waals surface area contributed by atoms with Gasteiger partial charge in [0, 0.05) is 31.8 Å². The molecule has 0 spiro atoms. The number of amides is 6. The molecule has 2 fully saturated rings. The Hall–Kier alpha value is -10.3. The van der Waals surface area contributed by atoms with Crippen LogP contribution in [0.25, 0.3) is 11.4 Å². The summed E-state index contributed by atoms with van der Waals surface area (Å²) in [4.78, 5) is 80.6. The number of phenols is 8. The van der Waals surface area contributed by atoms with Gasteiger partial charge in [-0.05, 0) is 61.4 Å². The number of carbonyl (C=O) groups is 6. The lowest BCUT2D eigenvalue weighted by molar-refractivity contribution is -0.364. The highest BCUT2D eigenvalue weighted by molar-refractivity contribution is 6.15. The van der Waals surface area contributed by atoms with Crippen molar-refractivity contribution in [3.63, 3.8) is 0 Å². The summed E-state index contributed by atoms with van der Waals surface area (Å²) < 4.78 is 12.1. The molecule has 0 saturated carbocycles. The topological polar surface area (TPSA) is 586 Å². The second kappa shape index (κ2) is 19.7. The number of ether oxygens (including phenoxy) is 2. The van der Waals surface area contributed by atoms with Gasteiger partial charge in [0.25, 0.3) is 41.1 Å². The molecule has 1 unspecified atom stereocenters. The van der Waals surface area contributed by atoms with Crippen LogP contribution in [-0.2, 0) is 21.2 Å². The molecule has 36 nitrogen and oxygen atoms in total. The molecule has 2 aromatic heterocycles. The van der Waals surface area contributed by atoms with Crippen molar-refractivity contribution in [2.45, 2.75) is 54.9 Å². The zero-order valence-corrected chi connectivity index (χ0v) is 43.7. The normalized spacial score (nSPS) is 19.3. The summed E-state index contributed by atoms with van der Waals surface area (Å²) in [7, 11) is 1.32. The lowest BCUT2D eigenvalue weighted by Gasteiger charge is -2.46. The Kier molecular flexibility index (Phi) is 13.5. The van der Waals surface area contributed by atoms with Crippen LogP contribution >= 0.6 is 0 Å². The number of aromatic hydroxyl groups is 8. The van der Waals surface area contributed by atoms with Crippen molar-refractivity contribution >= 4 is 58.2 Å². The number of piperidine rings is 2. The van der Waals surface area contributed by atoms with Crippen molar-refractivity contribution in [2.75, 3.05) is 46.4 Å². The van der Waals surface area contributed by atoms with Crippen molar-refractivity contribution in [1.82, 2.24) is 19.6 Å². The van der Waals surface area contributed by atoms with E-state index in [0.717, 1.165) is 12.1 Å². The Morgan fingerprint density at radius 1 is 0.570 bits per heavy atom. The summed E-state index contributed by atoms with van der Waals surface area (Å²) in [6.45, 7) is -1.31. The van der Waals surface area contributed by atoms with E-state index in [1.165, 1.54) is 43.5 Å². The number of nitrogens with zero attached hydrogens (tertiary/aromatic N) is 8. The quantitative estimate of drug-likeness (QED) is 0.0311. The molecule has 2 saturated heterocycles. The Morgan fingerprint density at radius 3 is 1.35 bits per heavy atom. The fraction of sp³-hybridized carbons (Fsp3) is 0.280. The number of hydrogen-bond acceptors (Lipinski definition) is 28. The maximum absolute atomic E-state index is 14.5. The maximum atomic E-state index is 14.5. The molecule has 1 atom stereocenters. The van der Waals surface area contributed by atoms with Crippen molar-refractivity contribution < 1.29 is 130 Å². The smallest absolute Gasteiger partial charge is 0.315 e. The molecule has 0 bridgehead atoms. The number of benzene rings is 4. The van der Waals surface area contributed by atoms with Crippen LogP contribution in [-0.4, -0.2) is 191 Å². The first kappa shape index (κ1) is 58.9. The first-order chi connectivity index (χ1) is 40.1. The average molecular weight is 1200 g/mol. The SMILES string of the molecule is COc1ccc(-n2nc(C(N)=O)c3c2C(=O)N(c2c(O)c(O)c(N4CC(COc5ccc(-n6nc(C(N)=O)c7c6C(=O)N(c6c(O)c(O)c(N8CCCC(O)(O)C8=O)c(O)c6O)C(O)(O)C7(O)O)cc5)CCC4=O)c(O)c2O)C(O)(O)C3(O)O)cc1. The number of rotatable bonds is 12. The third-order valence-electron chi connectivity index (χ3n) is 14.9. The minimum atomic E-state index is -4.50.